The largest absolute Gasteiger partial charge is 0.462 e. The van der Waals surface area contributed by atoms with Crippen molar-refractivity contribution in [3.05, 3.63) is 35.1 Å². The smallest absolute Gasteiger partial charge is 0.283 e. The van der Waals surface area contributed by atoms with Crippen LogP contribution in [0.5, 0.6) is 0 Å². The Balaban J connectivity index is 2.54. The zero-order valence-electron chi connectivity index (χ0n) is 8.43. The summed E-state index contributed by atoms with van der Waals surface area (Å²) in [6.07, 6.45) is 0. The van der Waals surface area contributed by atoms with Crippen LogP contribution in [0, 0.1) is 17.5 Å². The molecule has 0 aromatic heterocycles. The summed E-state index contributed by atoms with van der Waals surface area (Å²) in [6, 6.07) is 1.90. The number of hydrogen-bond acceptors (Lipinski definition) is 3. The molecule has 1 aromatic carbocycles. The van der Waals surface area contributed by atoms with Crippen molar-refractivity contribution in [2.45, 2.75) is 12.5 Å². The molecule has 1 aliphatic heterocycles. The van der Waals surface area contributed by atoms with Gasteiger partial charge in [0.15, 0.2) is 17.5 Å². The first-order chi connectivity index (χ1) is 7.44. The molecule has 0 fully saturated rings. The van der Waals surface area contributed by atoms with Crippen LogP contribution in [0.1, 0.15) is 12.5 Å². The van der Waals surface area contributed by atoms with Crippen molar-refractivity contribution in [2.75, 3.05) is 6.61 Å². The van der Waals surface area contributed by atoms with Gasteiger partial charge in [-0.25, -0.2) is 18.2 Å². The molecule has 0 spiro atoms. The van der Waals surface area contributed by atoms with Gasteiger partial charge in [-0.05, 0) is 13.0 Å². The second-order valence-electron chi connectivity index (χ2n) is 3.74. The molecule has 6 heteroatoms. The van der Waals surface area contributed by atoms with Crippen molar-refractivity contribution < 1.29 is 17.9 Å². The standard InChI is InChI=1S/C10H9F3N2O/c1-10(4-16-9(14)15-10)5-2-3-6(11)8(13)7(5)12/h2-3H,4H2,1H3,(H2,14,15). The van der Waals surface area contributed by atoms with E-state index < -0.39 is 23.0 Å². The number of ether oxygens (including phenoxy) is 1. The normalized spacial score (nSPS) is 24.1. The Kier molecular flexibility index (Phi) is 2.29. The maximum Gasteiger partial charge on any atom is 0.283 e. The third kappa shape index (κ3) is 1.50. The second kappa shape index (κ2) is 3.40. The highest BCUT2D eigenvalue weighted by molar-refractivity contribution is 5.74. The van der Waals surface area contributed by atoms with Crippen LogP contribution in [-0.4, -0.2) is 12.6 Å². The molecule has 0 radical (unpaired) electrons. The van der Waals surface area contributed by atoms with Gasteiger partial charge in [0.05, 0.1) is 0 Å². The highest BCUT2D eigenvalue weighted by atomic mass is 19.2. The highest BCUT2D eigenvalue weighted by Gasteiger charge is 2.36. The molecule has 3 nitrogen and oxygen atoms in total. The van der Waals surface area contributed by atoms with Crippen LogP contribution in [0.15, 0.2) is 17.1 Å². The van der Waals surface area contributed by atoms with E-state index in [-0.39, 0.29) is 18.2 Å². The van der Waals surface area contributed by atoms with Crippen LogP contribution in [0.4, 0.5) is 13.2 Å². The molecule has 16 heavy (non-hydrogen) atoms. The fraction of sp³-hybridized carbons (Fsp3) is 0.300. The zero-order chi connectivity index (χ0) is 11.9. The first kappa shape index (κ1) is 10.8. The zero-order valence-corrected chi connectivity index (χ0v) is 8.43. The van der Waals surface area contributed by atoms with Crippen molar-refractivity contribution in [3.8, 4) is 0 Å². The Morgan fingerprint density at radius 1 is 1.31 bits per heavy atom. The average molecular weight is 230 g/mol. The van der Waals surface area contributed by atoms with Crippen molar-refractivity contribution >= 4 is 6.02 Å². The number of amidine groups is 1. The SMILES string of the molecule is CC1(c2ccc(F)c(F)c2F)COC(N)=N1. The minimum absolute atomic E-state index is 0.000819. The maximum atomic E-state index is 13.5. The van der Waals surface area contributed by atoms with Gasteiger partial charge in [0.2, 0.25) is 0 Å². The molecule has 0 bridgehead atoms. The molecule has 1 unspecified atom stereocenters. The maximum absolute atomic E-state index is 13.5. The first-order valence-electron chi connectivity index (χ1n) is 4.56. The predicted molar refractivity (Wildman–Crippen MR) is 51.2 cm³/mol. The molecule has 1 aromatic rings. The van der Waals surface area contributed by atoms with Crippen LogP contribution >= 0.6 is 0 Å². The highest BCUT2D eigenvalue weighted by Crippen LogP contribution is 2.32. The minimum atomic E-state index is -1.51. The Labute approximate surface area is 89.7 Å². The van der Waals surface area contributed by atoms with Gasteiger partial charge < -0.3 is 10.5 Å². The Bertz CT molecular complexity index is 475. The summed E-state index contributed by atoms with van der Waals surface area (Å²) in [5, 5.41) is 0. The van der Waals surface area contributed by atoms with E-state index in [1.165, 1.54) is 6.92 Å². The molecule has 0 saturated heterocycles. The van der Waals surface area contributed by atoms with E-state index in [0.29, 0.717) is 0 Å². The van der Waals surface area contributed by atoms with E-state index in [9.17, 15) is 13.2 Å². The van der Waals surface area contributed by atoms with Crippen LogP contribution in [0.3, 0.4) is 0 Å². The van der Waals surface area contributed by atoms with Crippen LogP contribution in [0.25, 0.3) is 0 Å². The summed E-state index contributed by atoms with van der Waals surface area (Å²) in [4.78, 5) is 3.87. The van der Waals surface area contributed by atoms with Gasteiger partial charge in [-0.15, -0.1) is 0 Å². The third-order valence-electron chi connectivity index (χ3n) is 2.47. The van der Waals surface area contributed by atoms with Gasteiger partial charge in [-0.3, -0.25) is 0 Å². The molecule has 2 rings (SSSR count). The van der Waals surface area contributed by atoms with Gasteiger partial charge in [0.1, 0.15) is 12.1 Å². The summed E-state index contributed by atoms with van der Waals surface area (Å²) in [5.41, 5.74) is 4.12. The third-order valence-corrected chi connectivity index (χ3v) is 2.47. The van der Waals surface area contributed by atoms with Gasteiger partial charge in [0, 0.05) is 5.56 Å². The molecular weight excluding hydrogens is 221 g/mol. The summed E-state index contributed by atoms with van der Waals surface area (Å²) in [6.45, 7) is 1.53. The van der Waals surface area contributed by atoms with E-state index in [1.807, 2.05) is 0 Å². The Hall–Kier alpha value is -1.72. The van der Waals surface area contributed by atoms with Gasteiger partial charge in [0.25, 0.3) is 6.02 Å². The Morgan fingerprint density at radius 3 is 2.56 bits per heavy atom. The summed E-state index contributed by atoms with van der Waals surface area (Å²) in [5.74, 6) is -4.01. The van der Waals surface area contributed by atoms with E-state index in [4.69, 9.17) is 10.5 Å². The van der Waals surface area contributed by atoms with Gasteiger partial charge >= 0.3 is 0 Å². The van der Waals surface area contributed by atoms with E-state index in [0.717, 1.165) is 12.1 Å². The summed E-state index contributed by atoms with van der Waals surface area (Å²) in [7, 11) is 0. The molecule has 1 atom stereocenters. The number of rotatable bonds is 1. The number of halogens is 3. The van der Waals surface area contributed by atoms with Crippen LogP contribution in [-0.2, 0) is 10.3 Å². The van der Waals surface area contributed by atoms with E-state index >= 15 is 0 Å². The van der Waals surface area contributed by atoms with Crippen LogP contribution < -0.4 is 5.73 Å². The van der Waals surface area contributed by atoms with E-state index in [2.05, 4.69) is 4.99 Å². The number of nitrogens with two attached hydrogens (primary N) is 1. The van der Waals surface area contributed by atoms with Crippen molar-refractivity contribution in [3.63, 3.8) is 0 Å². The predicted octanol–water partition coefficient (Wildman–Crippen LogP) is 1.66. The van der Waals surface area contributed by atoms with Gasteiger partial charge in [-0.1, -0.05) is 6.07 Å². The summed E-state index contributed by atoms with van der Waals surface area (Å²) >= 11 is 0. The lowest BCUT2D eigenvalue weighted by Crippen LogP contribution is -2.23. The fourth-order valence-corrected chi connectivity index (χ4v) is 1.60. The minimum Gasteiger partial charge on any atom is -0.462 e. The van der Waals surface area contributed by atoms with Crippen molar-refractivity contribution in [2.24, 2.45) is 10.7 Å². The lowest BCUT2D eigenvalue weighted by atomic mass is 9.93. The van der Waals surface area contributed by atoms with Crippen molar-refractivity contribution in [1.82, 2.24) is 0 Å². The molecule has 1 heterocycles. The molecule has 1 aliphatic rings. The number of benzene rings is 1. The Morgan fingerprint density at radius 2 is 2.00 bits per heavy atom. The molecule has 0 amide bonds. The molecule has 86 valence electrons. The lowest BCUT2D eigenvalue weighted by Gasteiger charge is -2.19. The molecule has 2 N–H and O–H groups in total. The average Bonchev–Trinajstić information content (AvgIpc) is 2.56. The lowest BCUT2D eigenvalue weighted by molar-refractivity contribution is 0.260. The molecular formula is C10H9F3N2O. The quantitative estimate of drug-likeness (QED) is 0.746. The number of nitrogens with zero attached hydrogens (tertiary/aromatic N) is 1. The topological polar surface area (TPSA) is 47.6 Å². The fourth-order valence-electron chi connectivity index (χ4n) is 1.60. The van der Waals surface area contributed by atoms with E-state index in [1.54, 1.807) is 0 Å². The van der Waals surface area contributed by atoms with Crippen molar-refractivity contribution in [1.29, 1.82) is 0 Å². The monoisotopic (exact) mass is 230 g/mol. The summed E-state index contributed by atoms with van der Waals surface area (Å²) < 4.78 is 44.2. The van der Waals surface area contributed by atoms with Crippen LogP contribution in [0.2, 0.25) is 0 Å². The number of aliphatic imine (C=N–C) groups is 1. The van der Waals surface area contributed by atoms with Gasteiger partial charge in [-0.2, -0.15) is 0 Å². The second-order valence-corrected chi connectivity index (χ2v) is 3.74. The number of hydrogen-bond donors (Lipinski definition) is 1. The first-order valence-corrected chi connectivity index (χ1v) is 4.56. The molecule has 0 aliphatic carbocycles. The molecule has 0 saturated carbocycles.